The number of nitrogens with zero attached hydrogens (tertiary/aromatic N) is 1. The second-order valence-electron chi connectivity index (χ2n) is 4.27. The Bertz CT molecular complexity index is 699. The van der Waals surface area contributed by atoms with Crippen LogP contribution in [0.2, 0.25) is 0 Å². The van der Waals surface area contributed by atoms with Crippen molar-refractivity contribution in [1.29, 1.82) is 0 Å². The molecule has 0 unspecified atom stereocenters. The molecule has 6 heteroatoms. The van der Waals surface area contributed by atoms with Gasteiger partial charge in [0.15, 0.2) is 4.77 Å². The van der Waals surface area contributed by atoms with Crippen LogP contribution < -0.4 is 10.1 Å². The standard InChI is InChI=1S/C13H12BrN3OS/c1-18-10-3-2-7(14)6-9(10)11-8-4-5-15-12(8)17-13(19)16-11/h2-3,6H,4-5H2,1H3,(H2,15,16,17,19). The lowest BCUT2D eigenvalue weighted by molar-refractivity contribution is 0.416. The van der Waals surface area contributed by atoms with E-state index in [0.29, 0.717) is 4.77 Å². The van der Waals surface area contributed by atoms with Crippen LogP contribution in [0.25, 0.3) is 11.3 Å². The molecule has 0 saturated carbocycles. The van der Waals surface area contributed by atoms with Gasteiger partial charge < -0.3 is 15.0 Å². The number of halogens is 1. The first kappa shape index (κ1) is 12.6. The molecular weight excluding hydrogens is 326 g/mol. The average Bonchev–Trinajstić information content (AvgIpc) is 2.85. The Morgan fingerprint density at radius 2 is 2.26 bits per heavy atom. The zero-order valence-electron chi connectivity index (χ0n) is 10.3. The van der Waals surface area contributed by atoms with Crippen LogP contribution in [-0.4, -0.2) is 23.6 Å². The number of H-pyrrole nitrogens is 1. The maximum atomic E-state index is 5.44. The summed E-state index contributed by atoms with van der Waals surface area (Å²) < 4.78 is 6.91. The van der Waals surface area contributed by atoms with Gasteiger partial charge in [-0.25, -0.2) is 4.98 Å². The third kappa shape index (κ3) is 2.26. The van der Waals surface area contributed by atoms with Gasteiger partial charge in [-0.2, -0.15) is 0 Å². The van der Waals surface area contributed by atoms with Crippen LogP contribution in [-0.2, 0) is 6.42 Å². The number of aromatic amines is 1. The average molecular weight is 338 g/mol. The van der Waals surface area contributed by atoms with E-state index in [1.165, 1.54) is 0 Å². The van der Waals surface area contributed by atoms with Crippen LogP contribution in [0, 0.1) is 4.77 Å². The fraction of sp³-hybridized carbons (Fsp3) is 0.231. The van der Waals surface area contributed by atoms with E-state index in [4.69, 9.17) is 17.0 Å². The summed E-state index contributed by atoms with van der Waals surface area (Å²) >= 11 is 8.69. The maximum absolute atomic E-state index is 5.44. The molecule has 1 aliphatic heterocycles. The summed E-state index contributed by atoms with van der Waals surface area (Å²) in [7, 11) is 1.67. The zero-order valence-corrected chi connectivity index (χ0v) is 12.7. The minimum absolute atomic E-state index is 0.477. The quantitative estimate of drug-likeness (QED) is 0.823. The van der Waals surface area contributed by atoms with Crippen LogP contribution in [0.5, 0.6) is 5.75 Å². The zero-order chi connectivity index (χ0) is 13.4. The SMILES string of the molecule is COc1ccc(Br)cc1-c1[nH]c(=S)nc2c1CCN2. The Balaban J connectivity index is 2.28. The summed E-state index contributed by atoms with van der Waals surface area (Å²) in [6.45, 7) is 0.887. The van der Waals surface area contributed by atoms with Gasteiger partial charge in [0.05, 0.1) is 12.8 Å². The first-order chi connectivity index (χ1) is 9.19. The van der Waals surface area contributed by atoms with E-state index in [-0.39, 0.29) is 0 Å². The van der Waals surface area contributed by atoms with Gasteiger partial charge in [-0.15, -0.1) is 0 Å². The number of hydrogen-bond acceptors (Lipinski definition) is 4. The molecule has 2 aromatic rings. The van der Waals surface area contributed by atoms with E-state index in [0.717, 1.165) is 45.8 Å². The normalized spacial score (nSPS) is 12.9. The van der Waals surface area contributed by atoms with Gasteiger partial charge in [0.25, 0.3) is 0 Å². The minimum Gasteiger partial charge on any atom is -0.496 e. The summed E-state index contributed by atoms with van der Waals surface area (Å²) in [6, 6.07) is 5.92. The summed E-state index contributed by atoms with van der Waals surface area (Å²) in [6.07, 6.45) is 0.930. The van der Waals surface area contributed by atoms with Crippen LogP contribution in [0.1, 0.15) is 5.56 Å². The number of benzene rings is 1. The van der Waals surface area contributed by atoms with Gasteiger partial charge in [-0.05, 0) is 36.8 Å². The molecule has 3 rings (SSSR count). The van der Waals surface area contributed by atoms with E-state index >= 15 is 0 Å². The van der Waals surface area contributed by atoms with Gasteiger partial charge in [0, 0.05) is 22.1 Å². The van der Waals surface area contributed by atoms with E-state index in [1.807, 2.05) is 18.2 Å². The van der Waals surface area contributed by atoms with Crippen LogP contribution in [0.4, 0.5) is 5.82 Å². The predicted octanol–water partition coefficient (Wildman–Crippen LogP) is 3.55. The van der Waals surface area contributed by atoms with Gasteiger partial charge in [-0.1, -0.05) is 15.9 Å². The summed E-state index contributed by atoms with van der Waals surface area (Å²) in [5.74, 6) is 1.69. The molecule has 0 amide bonds. The molecule has 0 radical (unpaired) electrons. The fourth-order valence-electron chi connectivity index (χ4n) is 2.30. The lowest BCUT2D eigenvalue weighted by Crippen LogP contribution is -1.97. The predicted molar refractivity (Wildman–Crippen MR) is 81.3 cm³/mol. The van der Waals surface area contributed by atoms with Crippen molar-refractivity contribution >= 4 is 34.0 Å². The molecule has 1 aliphatic rings. The number of aromatic nitrogens is 2. The number of ether oxygens (including phenoxy) is 1. The topological polar surface area (TPSA) is 49.9 Å². The van der Waals surface area contributed by atoms with Crippen molar-refractivity contribution in [3.8, 4) is 17.0 Å². The van der Waals surface area contributed by atoms with E-state index in [2.05, 4.69) is 31.2 Å². The molecule has 0 spiro atoms. The lowest BCUT2D eigenvalue weighted by atomic mass is 10.0. The van der Waals surface area contributed by atoms with Crippen molar-refractivity contribution in [2.24, 2.45) is 0 Å². The largest absolute Gasteiger partial charge is 0.496 e. The molecule has 1 aromatic heterocycles. The molecule has 0 fully saturated rings. The lowest BCUT2D eigenvalue weighted by Gasteiger charge is -2.12. The molecule has 0 saturated heterocycles. The van der Waals surface area contributed by atoms with Crippen LogP contribution >= 0.6 is 28.1 Å². The molecule has 2 N–H and O–H groups in total. The maximum Gasteiger partial charge on any atom is 0.199 e. The second kappa shape index (κ2) is 4.94. The molecule has 0 bridgehead atoms. The smallest absolute Gasteiger partial charge is 0.199 e. The number of nitrogens with one attached hydrogen (secondary N) is 2. The molecule has 0 atom stereocenters. The third-order valence-corrected chi connectivity index (χ3v) is 3.82. The molecule has 98 valence electrons. The van der Waals surface area contributed by atoms with Crippen molar-refractivity contribution in [2.75, 3.05) is 19.0 Å². The number of fused-ring (bicyclic) bond motifs is 1. The second-order valence-corrected chi connectivity index (χ2v) is 5.57. The van der Waals surface area contributed by atoms with E-state index in [9.17, 15) is 0 Å². The Kier molecular flexibility index (Phi) is 3.28. The Morgan fingerprint density at radius 3 is 3.05 bits per heavy atom. The number of hydrogen-bond donors (Lipinski definition) is 2. The molecule has 0 aliphatic carbocycles. The Labute approximate surface area is 124 Å². The Hall–Kier alpha value is -1.40. The van der Waals surface area contributed by atoms with Gasteiger partial charge in [-0.3, -0.25) is 0 Å². The monoisotopic (exact) mass is 337 g/mol. The van der Waals surface area contributed by atoms with E-state index in [1.54, 1.807) is 7.11 Å². The Morgan fingerprint density at radius 1 is 1.42 bits per heavy atom. The van der Waals surface area contributed by atoms with Crippen molar-refractivity contribution in [2.45, 2.75) is 6.42 Å². The van der Waals surface area contributed by atoms with Gasteiger partial charge in [0.2, 0.25) is 0 Å². The first-order valence-electron chi connectivity index (χ1n) is 5.90. The van der Waals surface area contributed by atoms with E-state index < -0.39 is 0 Å². The number of rotatable bonds is 2. The molecular formula is C13H12BrN3OS. The number of anilines is 1. The van der Waals surface area contributed by atoms with Gasteiger partial charge >= 0.3 is 0 Å². The first-order valence-corrected chi connectivity index (χ1v) is 7.10. The van der Waals surface area contributed by atoms with Gasteiger partial charge in [0.1, 0.15) is 11.6 Å². The molecule has 1 aromatic carbocycles. The van der Waals surface area contributed by atoms with Crippen LogP contribution in [0.15, 0.2) is 22.7 Å². The highest BCUT2D eigenvalue weighted by Gasteiger charge is 2.20. The fourth-order valence-corrected chi connectivity index (χ4v) is 2.85. The van der Waals surface area contributed by atoms with Crippen molar-refractivity contribution in [1.82, 2.24) is 9.97 Å². The number of methoxy groups -OCH3 is 1. The van der Waals surface area contributed by atoms with Crippen molar-refractivity contribution < 1.29 is 4.74 Å². The van der Waals surface area contributed by atoms with Crippen molar-refractivity contribution in [3.63, 3.8) is 0 Å². The van der Waals surface area contributed by atoms with Crippen LogP contribution in [0.3, 0.4) is 0 Å². The van der Waals surface area contributed by atoms with Crippen molar-refractivity contribution in [3.05, 3.63) is 33.0 Å². The highest BCUT2D eigenvalue weighted by atomic mass is 79.9. The molecule has 4 nitrogen and oxygen atoms in total. The third-order valence-electron chi connectivity index (χ3n) is 3.13. The summed E-state index contributed by atoms with van der Waals surface area (Å²) in [4.78, 5) is 7.50. The molecule has 2 heterocycles. The summed E-state index contributed by atoms with van der Waals surface area (Å²) in [5.41, 5.74) is 3.13. The summed E-state index contributed by atoms with van der Waals surface area (Å²) in [5, 5.41) is 3.25. The highest BCUT2D eigenvalue weighted by molar-refractivity contribution is 9.10. The molecule has 19 heavy (non-hydrogen) atoms. The highest BCUT2D eigenvalue weighted by Crippen LogP contribution is 2.36. The minimum atomic E-state index is 0.477.